The van der Waals surface area contributed by atoms with E-state index in [-0.39, 0.29) is 0 Å². The van der Waals surface area contributed by atoms with Gasteiger partial charge in [-0.1, -0.05) is 36.0 Å². The van der Waals surface area contributed by atoms with Crippen molar-refractivity contribution in [3.05, 3.63) is 47.7 Å². The van der Waals surface area contributed by atoms with Gasteiger partial charge in [0.25, 0.3) is 0 Å². The van der Waals surface area contributed by atoms with Gasteiger partial charge in [0.2, 0.25) is 0 Å². The summed E-state index contributed by atoms with van der Waals surface area (Å²) in [5.41, 5.74) is 7.92. The van der Waals surface area contributed by atoms with Gasteiger partial charge in [-0.3, -0.25) is 0 Å². The first-order valence-electron chi connectivity index (χ1n) is 4.28. The summed E-state index contributed by atoms with van der Waals surface area (Å²) < 4.78 is 0. The van der Waals surface area contributed by atoms with Crippen LogP contribution in [0.2, 0.25) is 0 Å². The third-order valence-electron chi connectivity index (χ3n) is 2.38. The van der Waals surface area contributed by atoms with Crippen molar-refractivity contribution in [1.29, 1.82) is 0 Å². The number of hydrogen-bond acceptors (Lipinski definition) is 1. The molecule has 0 radical (unpaired) electrons. The van der Waals surface area contributed by atoms with Crippen molar-refractivity contribution in [2.24, 2.45) is 17.6 Å². The highest BCUT2D eigenvalue weighted by atomic mass is 14.6. The summed E-state index contributed by atoms with van der Waals surface area (Å²) in [6, 6.07) is 0. The second-order valence-electron chi connectivity index (χ2n) is 3.45. The lowest BCUT2D eigenvalue weighted by atomic mass is 9.83. The van der Waals surface area contributed by atoms with E-state index in [9.17, 15) is 0 Å². The van der Waals surface area contributed by atoms with E-state index in [1.54, 1.807) is 0 Å². The van der Waals surface area contributed by atoms with Gasteiger partial charge in [-0.15, -0.1) is 0 Å². The predicted octanol–water partition coefficient (Wildman–Crippen LogP) is 2.15. The minimum Gasteiger partial charge on any atom is -0.399 e. The highest BCUT2D eigenvalue weighted by molar-refractivity contribution is 5.35. The van der Waals surface area contributed by atoms with Crippen LogP contribution in [0.25, 0.3) is 0 Å². The lowest BCUT2D eigenvalue weighted by Crippen LogP contribution is -2.15. The van der Waals surface area contributed by atoms with Crippen molar-refractivity contribution in [1.82, 2.24) is 0 Å². The van der Waals surface area contributed by atoms with Gasteiger partial charge in [0.15, 0.2) is 0 Å². The molecule has 1 nitrogen and oxygen atoms in total. The van der Waals surface area contributed by atoms with Crippen molar-refractivity contribution in [2.45, 2.75) is 6.92 Å². The van der Waals surface area contributed by atoms with E-state index in [4.69, 9.17) is 5.73 Å². The largest absolute Gasteiger partial charge is 0.399 e. The molecular formula is C11H13N. The van der Waals surface area contributed by atoms with E-state index in [2.05, 4.69) is 37.3 Å². The molecule has 2 unspecified atom stereocenters. The van der Waals surface area contributed by atoms with Crippen molar-refractivity contribution < 1.29 is 0 Å². The van der Waals surface area contributed by atoms with Gasteiger partial charge in [0, 0.05) is 17.5 Å². The fourth-order valence-corrected chi connectivity index (χ4v) is 1.71. The topological polar surface area (TPSA) is 26.0 Å². The Balaban J connectivity index is 2.29. The molecule has 0 bridgehead atoms. The molecule has 0 amide bonds. The standard InChI is InChI=1S/C11H13N/c1-8-2-3-10-7-11(12)5-4-9(10)6-8/h2-7,9-10H,12H2,1H3. The van der Waals surface area contributed by atoms with Crippen LogP contribution in [0.15, 0.2) is 47.7 Å². The summed E-state index contributed by atoms with van der Waals surface area (Å²) in [7, 11) is 0. The van der Waals surface area contributed by atoms with Crippen LogP contribution in [-0.2, 0) is 0 Å². The molecule has 2 aliphatic carbocycles. The quantitative estimate of drug-likeness (QED) is 0.575. The zero-order valence-electron chi connectivity index (χ0n) is 7.20. The summed E-state index contributed by atoms with van der Waals surface area (Å²) in [4.78, 5) is 0. The smallest absolute Gasteiger partial charge is 0.0276 e. The summed E-state index contributed by atoms with van der Waals surface area (Å²) in [5.74, 6) is 1.01. The predicted molar refractivity (Wildman–Crippen MR) is 51.3 cm³/mol. The van der Waals surface area contributed by atoms with Crippen LogP contribution < -0.4 is 5.73 Å². The summed E-state index contributed by atoms with van der Waals surface area (Å²) in [6.45, 7) is 2.13. The molecule has 0 saturated carbocycles. The maximum Gasteiger partial charge on any atom is 0.0276 e. The Hall–Kier alpha value is -1.24. The van der Waals surface area contributed by atoms with Crippen LogP contribution in [0, 0.1) is 11.8 Å². The number of hydrogen-bond donors (Lipinski definition) is 1. The van der Waals surface area contributed by atoms with Crippen LogP contribution in [0.5, 0.6) is 0 Å². The first kappa shape index (κ1) is 7.41. The van der Waals surface area contributed by atoms with Crippen molar-refractivity contribution in [2.75, 3.05) is 0 Å². The Bertz CT molecular complexity index is 273. The molecule has 0 aromatic heterocycles. The molecule has 0 fully saturated rings. The molecule has 1 heteroatoms. The van der Waals surface area contributed by atoms with Crippen LogP contribution in [0.3, 0.4) is 0 Å². The first-order chi connectivity index (χ1) is 5.75. The molecule has 0 aliphatic heterocycles. The Morgan fingerprint density at radius 3 is 2.58 bits per heavy atom. The minimum atomic E-state index is 0.485. The van der Waals surface area contributed by atoms with Crippen molar-refractivity contribution in [3.63, 3.8) is 0 Å². The maximum atomic E-state index is 5.70. The van der Waals surface area contributed by atoms with Crippen molar-refractivity contribution in [3.8, 4) is 0 Å². The van der Waals surface area contributed by atoms with Gasteiger partial charge in [-0.05, 0) is 13.0 Å². The molecular weight excluding hydrogens is 146 g/mol. The van der Waals surface area contributed by atoms with E-state index >= 15 is 0 Å². The number of allylic oxidation sites excluding steroid dienone is 7. The van der Waals surface area contributed by atoms with E-state index in [0.29, 0.717) is 11.8 Å². The van der Waals surface area contributed by atoms with Gasteiger partial charge in [0.1, 0.15) is 0 Å². The van der Waals surface area contributed by atoms with E-state index in [0.717, 1.165) is 5.70 Å². The fourth-order valence-electron chi connectivity index (χ4n) is 1.71. The van der Waals surface area contributed by atoms with Crippen molar-refractivity contribution >= 4 is 0 Å². The second kappa shape index (κ2) is 2.67. The van der Waals surface area contributed by atoms with Crippen LogP contribution in [-0.4, -0.2) is 0 Å². The lowest BCUT2D eigenvalue weighted by molar-refractivity contribution is 0.648. The zero-order valence-corrected chi connectivity index (χ0v) is 7.20. The molecule has 2 N–H and O–H groups in total. The SMILES string of the molecule is CC1=CC2C=CC(N)=CC2C=C1. The highest BCUT2D eigenvalue weighted by Gasteiger charge is 2.17. The summed E-state index contributed by atoms with van der Waals surface area (Å²) in [5, 5.41) is 0. The van der Waals surface area contributed by atoms with Gasteiger partial charge >= 0.3 is 0 Å². The maximum absolute atomic E-state index is 5.70. The van der Waals surface area contributed by atoms with E-state index < -0.39 is 0 Å². The van der Waals surface area contributed by atoms with Crippen LogP contribution in [0.4, 0.5) is 0 Å². The van der Waals surface area contributed by atoms with E-state index in [1.807, 2.05) is 6.08 Å². The molecule has 12 heavy (non-hydrogen) atoms. The Kier molecular flexibility index (Phi) is 1.65. The first-order valence-corrected chi connectivity index (χ1v) is 4.28. The van der Waals surface area contributed by atoms with Gasteiger partial charge in [0.05, 0.1) is 0 Å². The number of nitrogens with two attached hydrogens (primary N) is 1. The molecule has 62 valence electrons. The average Bonchev–Trinajstić information content (AvgIpc) is 2.05. The molecule has 2 atom stereocenters. The fraction of sp³-hybridized carbons (Fsp3) is 0.273. The summed E-state index contributed by atoms with van der Waals surface area (Å²) >= 11 is 0. The number of rotatable bonds is 0. The van der Waals surface area contributed by atoms with Crippen LogP contribution >= 0.6 is 0 Å². The summed E-state index contributed by atoms with van der Waals surface area (Å²) in [6.07, 6.45) is 12.9. The highest BCUT2D eigenvalue weighted by Crippen LogP contribution is 2.28. The molecule has 0 aromatic rings. The lowest BCUT2D eigenvalue weighted by Gasteiger charge is -2.23. The van der Waals surface area contributed by atoms with Gasteiger partial charge in [-0.25, -0.2) is 0 Å². The average molecular weight is 159 g/mol. The molecule has 2 aliphatic rings. The third-order valence-corrected chi connectivity index (χ3v) is 2.38. The minimum absolute atomic E-state index is 0.485. The number of fused-ring (bicyclic) bond motifs is 1. The monoisotopic (exact) mass is 159 g/mol. The van der Waals surface area contributed by atoms with Gasteiger partial charge in [-0.2, -0.15) is 0 Å². The van der Waals surface area contributed by atoms with Crippen LogP contribution in [0.1, 0.15) is 6.92 Å². The Morgan fingerprint density at radius 2 is 1.75 bits per heavy atom. The van der Waals surface area contributed by atoms with Gasteiger partial charge < -0.3 is 5.73 Å². The Labute approximate surface area is 73.0 Å². The molecule has 0 aromatic carbocycles. The molecule has 2 rings (SSSR count). The van der Waals surface area contributed by atoms with E-state index in [1.165, 1.54) is 5.57 Å². The third kappa shape index (κ3) is 1.22. The zero-order chi connectivity index (χ0) is 8.55. The molecule has 0 saturated heterocycles. The molecule has 0 heterocycles. The second-order valence-corrected chi connectivity index (χ2v) is 3.45. The Morgan fingerprint density at radius 1 is 1.08 bits per heavy atom. The molecule has 0 spiro atoms. The normalized spacial score (nSPS) is 32.4.